The van der Waals surface area contributed by atoms with E-state index in [0.29, 0.717) is 12.3 Å². The van der Waals surface area contributed by atoms with E-state index in [0.717, 1.165) is 22.6 Å². The predicted octanol–water partition coefficient (Wildman–Crippen LogP) is 2.86. The van der Waals surface area contributed by atoms with E-state index in [4.69, 9.17) is 5.73 Å². The molecule has 19 heavy (non-hydrogen) atoms. The van der Waals surface area contributed by atoms with Crippen molar-refractivity contribution in [3.05, 3.63) is 42.5 Å². The smallest absolute Gasteiger partial charge is 0.153 e. The van der Waals surface area contributed by atoms with E-state index in [9.17, 15) is 0 Å². The molecule has 100 valence electrons. The average molecular weight is 257 g/mol. The zero-order chi connectivity index (χ0) is 13.7. The first-order valence-corrected chi connectivity index (χ1v) is 6.32. The lowest BCUT2D eigenvalue weighted by molar-refractivity contribution is 1.25. The van der Waals surface area contributed by atoms with Crippen LogP contribution in [0.5, 0.6) is 0 Å². The molecule has 5 nitrogen and oxygen atoms in total. The minimum absolute atomic E-state index is 0. The lowest BCUT2D eigenvalue weighted by atomic mass is 10.2. The van der Waals surface area contributed by atoms with Crippen molar-refractivity contribution in [2.75, 3.05) is 0 Å². The molecule has 0 fully saturated rings. The van der Waals surface area contributed by atoms with Crippen LogP contribution in [0.15, 0.2) is 46.7 Å². The van der Waals surface area contributed by atoms with Gasteiger partial charge in [0.05, 0.1) is 23.2 Å². The van der Waals surface area contributed by atoms with E-state index in [2.05, 4.69) is 20.0 Å². The molecule has 3 N–H and O–H groups in total. The predicted molar refractivity (Wildman–Crippen MR) is 81.5 cm³/mol. The maximum Gasteiger partial charge on any atom is 0.153 e. The number of hydrogen-bond acceptors (Lipinski definition) is 4. The Kier molecular flexibility index (Phi) is 4.07. The molecule has 1 aliphatic heterocycles. The van der Waals surface area contributed by atoms with Gasteiger partial charge in [-0.3, -0.25) is 4.99 Å². The van der Waals surface area contributed by atoms with Crippen molar-refractivity contribution >= 4 is 22.6 Å². The summed E-state index contributed by atoms with van der Waals surface area (Å²) in [7, 11) is 0. The van der Waals surface area contributed by atoms with Crippen molar-refractivity contribution in [1.82, 2.24) is 9.97 Å². The van der Waals surface area contributed by atoms with Gasteiger partial charge in [-0.2, -0.15) is 0 Å². The number of H-pyrrole nitrogens is 1. The van der Waals surface area contributed by atoms with Crippen LogP contribution in [0.3, 0.4) is 0 Å². The van der Waals surface area contributed by atoms with Gasteiger partial charge in [-0.15, -0.1) is 0 Å². The highest BCUT2D eigenvalue weighted by atomic mass is 15.0. The zero-order valence-electron chi connectivity index (χ0n) is 11.1. The van der Waals surface area contributed by atoms with Gasteiger partial charge in [-0.05, 0) is 12.1 Å². The number of hydrogen-bond donors (Lipinski definition) is 2. The number of aliphatic imine (C=N–C) groups is 2. The monoisotopic (exact) mass is 257 g/mol. The van der Waals surface area contributed by atoms with Gasteiger partial charge in [0.1, 0.15) is 5.84 Å². The highest BCUT2D eigenvalue weighted by Gasteiger charge is 2.11. The Balaban J connectivity index is 0.000000639. The molecule has 0 saturated carbocycles. The molecule has 0 atom stereocenters. The minimum Gasteiger partial charge on any atom is -0.387 e. The van der Waals surface area contributed by atoms with Crippen molar-refractivity contribution in [3.63, 3.8) is 0 Å². The molecule has 0 amide bonds. The first-order valence-electron chi connectivity index (χ1n) is 6.32. The molecule has 0 aliphatic carbocycles. The summed E-state index contributed by atoms with van der Waals surface area (Å²) in [6.45, 7) is 4.00. The minimum atomic E-state index is 0. The number of nitrogens with zero attached hydrogens (tertiary/aromatic N) is 3. The van der Waals surface area contributed by atoms with Crippen molar-refractivity contribution in [1.29, 1.82) is 0 Å². The van der Waals surface area contributed by atoms with Crippen molar-refractivity contribution in [3.8, 4) is 0 Å². The molecular weight excluding hydrogens is 238 g/mol. The Bertz CT molecular complexity index is 621. The number of fused-ring (bicyclic) bond motifs is 1. The van der Waals surface area contributed by atoms with Crippen molar-refractivity contribution in [2.45, 2.75) is 20.3 Å². The number of benzene rings is 1. The molecule has 1 aromatic carbocycles. The maximum absolute atomic E-state index is 5.73. The van der Waals surface area contributed by atoms with Crippen LogP contribution in [0, 0.1) is 0 Å². The third-order valence-corrected chi connectivity index (χ3v) is 2.55. The largest absolute Gasteiger partial charge is 0.387 e. The Morgan fingerprint density at radius 2 is 1.89 bits per heavy atom. The average Bonchev–Trinajstić information content (AvgIpc) is 2.76. The van der Waals surface area contributed by atoms with E-state index < -0.39 is 0 Å². The zero-order valence-corrected chi connectivity index (χ0v) is 11.1. The summed E-state index contributed by atoms with van der Waals surface area (Å²) >= 11 is 0. The molecule has 0 radical (unpaired) electrons. The van der Waals surface area contributed by atoms with E-state index in [1.54, 1.807) is 12.4 Å². The fourth-order valence-corrected chi connectivity index (χ4v) is 1.75. The Morgan fingerprint density at radius 3 is 2.68 bits per heavy atom. The van der Waals surface area contributed by atoms with Crippen LogP contribution >= 0.6 is 0 Å². The second-order valence-corrected chi connectivity index (χ2v) is 3.77. The van der Waals surface area contributed by atoms with E-state index in [1.807, 2.05) is 38.1 Å². The fourth-order valence-electron chi connectivity index (χ4n) is 1.75. The lowest BCUT2D eigenvalue weighted by Gasteiger charge is -1.99. The summed E-state index contributed by atoms with van der Waals surface area (Å²) in [5, 5.41) is 0. The summed E-state index contributed by atoms with van der Waals surface area (Å²) in [4.78, 5) is 16.0. The molecular formula is C14H19N5. The van der Waals surface area contributed by atoms with Gasteiger partial charge in [-0.1, -0.05) is 26.0 Å². The summed E-state index contributed by atoms with van der Waals surface area (Å²) in [5.41, 5.74) is 8.45. The fraction of sp³-hybridized carbons (Fsp3) is 0.214. The van der Waals surface area contributed by atoms with E-state index >= 15 is 0 Å². The molecule has 5 heteroatoms. The molecule has 0 bridgehead atoms. The molecule has 0 unspecified atom stereocenters. The number of rotatable bonds is 1. The second-order valence-electron chi connectivity index (χ2n) is 3.77. The lowest BCUT2D eigenvalue weighted by Crippen LogP contribution is -2.17. The number of aromatic amines is 1. The van der Waals surface area contributed by atoms with Gasteiger partial charge in [0.2, 0.25) is 0 Å². The van der Waals surface area contributed by atoms with Crippen LogP contribution in [0.2, 0.25) is 0 Å². The van der Waals surface area contributed by atoms with Gasteiger partial charge in [0, 0.05) is 13.8 Å². The third-order valence-electron chi connectivity index (χ3n) is 2.55. The summed E-state index contributed by atoms with van der Waals surface area (Å²) < 4.78 is 0. The number of amidine groups is 1. The normalized spacial score (nSPS) is 14.2. The number of nitrogens with two attached hydrogens (primary N) is 1. The number of nitrogens with one attached hydrogen (secondary N) is 1. The third kappa shape index (κ3) is 2.88. The first-order chi connectivity index (χ1) is 9.33. The van der Waals surface area contributed by atoms with Crippen LogP contribution in [0.4, 0.5) is 0 Å². The molecule has 3 rings (SSSR count). The number of para-hydroxylation sites is 2. The summed E-state index contributed by atoms with van der Waals surface area (Å²) in [5.74, 6) is 1.29. The standard InChI is InChI=1S/C12H11N5.C2H6.H2/c13-11-7-10(14-5-6-15-11)12-16-8-3-1-2-4-9(8)17-12;1-2;/h1-6H,7H2,(H2,13,15)(H,16,17);1-2H3;1H. The topological polar surface area (TPSA) is 79.4 Å². The molecule has 2 heterocycles. The summed E-state index contributed by atoms with van der Waals surface area (Å²) in [6, 6.07) is 7.86. The molecule has 0 spiro atoms. The Hall–Kier alpha value is -2.43. The van der Waals surface area contributed by atoms with E-state index in [-0.39, 0.29) is 1.43 Å². The van der Waals surface area contributed by atoms with Crippen molar-refractivity contribution < 1.29 is 1.43 Å². The van der Waals surface area contributed by atoms with Crippen LogP contribution in [-0.2, 0) is 0 Å². The molecule has 2 aromatic rings. The van der Waals surface area contributed by atoms with Gasteiger partial charge < -0.3 is 10.7 Å². The summed E-state index contributed by atoms with van der Waals surface area (Å²) in [6.07, 6.45) is 3.72. The maximum atomic E-state index is 5.73. The van der Waals surface area contributed by atoms with Gasteiger partial charge in [0.15, 0.2) is 5.82 Å². The van der Waals surface area contributed by atoms with Crippen molar-refractivity contribution in [2.24, 2.45) is 15.7 Å². The van der Waals surface area contributed by atoms with E-state index in [1.165, 1.54) is 0 Å². The quantitative estimate of drug-likeness (QED) is 0.823. The van der Waals surface area contributed by atoms with Gasteiger partial charge >= 0.3 is 0 Å². The van der Waals surface area contributed by atoms with Gasteiger partial charge in [-0.25, -0.2) is 9.98 Å². The molecule has 0 saturated heterocycles. The first kappa shape index (κ1) is 13.0. The Morgan fingerprint density at radius 1 is 1.16 bits per heavy atom. The highest BCUT2D eigenvalue weighted by Crippen LogP contribution is 2.12. The Labute approximate surface area is 113 Å². The van der Waals surface area contributed by atoms with Gasteiger partial charge in [0.25, 0.3) is 0 Å². The van der Waals surface area contributed by atoms with Crippen LogP contribution in [0.25, 0.3) is 11.0 Å². The SMILES string of the molecule is CC.NC1=NC=CN=C(c2nc3ccccc3[nH]2)C1.[HH]. The number of aromatic nitrogens is 2. The second kappa shape index (κ2) is 5.95. The highest BCUT2D eigenvalue weighted by molar-refractivity contribution is 6.11. The van der Waals surface area contributed by atoms with Crippen LogP contribution in [-0.4, -0.2) is 21.5 Å². The molecule has 1 aromatic heterocycles. The van der Waals surface area contributed by atoms with Crippen LogP contribution in [0.1, 0.15) is 27.5 Å². The number of imidazole rings is 1. The molecule has 1 aliphatic rings. The van der Waals surface area contributed by atoms with Crippen LogP contribution < -0.4 is 5.73 Å².